The molecule has 1 aliphatic rings. The number of aryl methyl sites for hydroxylation is 1. The maximum atomic E-state index is 4.13. The van der Waals surface area contributed by atoms with Crippen molar-refractivity contribution in [2.45, 2.75) is 19.8 Å². The summed E-state index contributed by atoms with van der Waals surface area (Å²) in [7, 11) is 1.92. The Morgan fingerprint density at radius 3 is 3.14 bits per heavy atom. The van der Waals surface area contributed by atoms with E-state index in [2.05, 4.69) is 22.6 Å². The second kappa shape index (κ2) is 4.09. The minimum absolute atomic E-state index is 0.723. The Kier molecular flexibility index (Phi) is 2.82. The van der Waals surface area contributed by atoms with Gasteiger partial charge in [0.2, 0.25) is 0 Å². The standard InChI is InChI=1S/C10H18N4/c1-8-3-4-11-6-9(8)5-10-7-14(2)13-12-10/h7-9,11H,3-6H2,1-2H3. The van der Waals surface area contributed by atoms with E-state index < -0.39 is 0 Å². The number of piperidine rings is 1. The molecule has 0 aliphatic carbocycles. The van der Waals surface area contributed by atoms with Crippen LogP contribution in [-0.4, -0.2) is 28.1 Å². The Balaban J connectivity index is 1.95. The highest BCUT2D eigenvalue weighted by molar-refractivity contribution is 4.95. The highest BCUT2D eigenvalue weighted by atomic mass is 15.4. The third-order valence-corrected chi connectivity index (χ3v) is 3.11. The van der Waals surface area contributed by atoms with Crippen molar-refractivity contribution in [3.05, 3.63) is 11.9 Å². The van der Waals surface area contributed by atoms with E-state index in [1.54, 1.807) is 4.68 Å². The SMILES string of the molecule is CC1CCNCC1Cc1cn(C)nn1. The lowest BCUT2D eigenvalue weighted by Gasteiger charge is -2.28. The Bertz CT molecular complexity index is 294. The second-order valence-corrected chi connectivity index (χ2v) is 4.32. The maximum Gasteiger partial charge on any atom is 0.0830 e. The number of hydrogen-bond acceptors (Lipinski definition) is 3. The molecule has 1 aliphatic heterocycles. The van der Waals surface area contributed by atoms with Gasteiger partial charge in [0.15, 0.2) is 0 Å². The fourth-order valence-corrected chi connectivity index (χ4v) is 2.08. The van der Waals surface area contributed by atoms with Gasteiger partial charge in [0, 0.05) is 13.2 Å². The lowest BCUT2D eigenvalue weighted by molar-refractivity contribution is 0.271. The smallest absolute Gasteiger partial charge is 0.0830 e. The van der Waals surface area contributed by atoms with Crippen molar-refractivity contribution in [3.63, 3.8) is 0 Å². The molecule has 2 unspecified atom stereocenters. The summed E-state index contributed by atoms with van der Waals surface area (Å²) < 4.78 is 1.77. The maximum absolute atomic E-state index is 4.13. The molecule has 0 amide bonds. The van der Waals surface area contributed by atoms with Crippen molar-refractivity contribution in [1.29, 1.82) is 0 Å². The molecule has 1 fully saturated rings. The summed E-state index contributed by atoms with van der Waals surface area (Å²) >= 11 is 0. The molecule has 14 heavy (non-hydrogen) atoms. The van der Waals surface area contributed by atoms with Crippen LogP contribution in [0.15, 0.2) is 6.20 Å². The molecular weight excluding hydrogens is 176 g/mol. The molecule has 78 valence electrons. The molecular formula is C10H18N4. The normalized spacial score (nSPS) is 27.9. The van der Waals surface area contributed by atoms with E-state index in [0.717, 1.165) is 37.0 Å². The molecule has 0 aromatic carbocycles. The molecule has 2 rings (SSSR count). The van der Waals surface area contributed by atoms with E-state index in [4.69, 9.17) is 0 Å². The van der Waals surface area contributed by atoms with Crippen LogP contribution in [0.25, 0.3) is 0 Å². The topological polar surface area (TPSA) is 42.7 Å². The zero-order chi connectivity index (χ0) is 9.97. The van der Waals surface area contributed by atoms with Crippen molar-refractivity contribution in [2.75, 3.05) is 13.1 Å². The molecule has 1 aromatic heterocycles. The van der Waals surface area contributed by atoms with Gasteiger partial charge in [-0.15, -0.1) is 5.10 Å². The summed E-state index contributed by atoms with van der Waals surface area (Å²) in [5.74, 6) is 1.53. The van der Waals surface area contributed by atoms with Crippen molar-refractivity contribution >= 4 is 0 Å². The molecule has 4 heteroatoms. The van der Waals surface area contributed by atoms with Gasteiger partial charge in [0.1, 0.15) is 0 Å². The van der Waals surface area contributed by atoms with E-state index in [1.165, 1.54) is 6.42 Å². The number of nitrogens with one attached hydrogen (secondary N) is 1. The minimum atomic E-state index is 0.723. The monoisotopic (exact) mass is 194 g/mol. The van der Waals surface area contributed by atoms with E-state index >= 15 is 0 Å². The van der Waals surface area contributed by atoms with Gasteiger partial charge < -0.3 is 5.32 Å². The number of aromatic nitrogens is 3. The van der Waals surface area contributed by atoms with Crippen molar-refractivity contribution in [1.82, 2.24) is 20.3 Å². The third-order valence-electron chi connectivity index (χ3n) is 3.11. The van der Waals surface area contributed by atoms with Crippen LogP contribution in [0.3, 0.4) is 0 Å². The van der Waals surface area contributed by atoms with Gasteiger partial charge in [-0.3, -0.25) is 4.68 Å². The molecule has 2 heterocycles. The van der Waals surface area contributed by atoms with E-state index in [9.17, 15) is 0 Å². The number of nitrogens with zero attached hydrogens (tertiary/aromatic N) is 3. The molecule has 1 aromatic rings. The average Bonchev–Trinajstić information content (AvgIpc) is 2.56. The van der Waals surface area contributed by atoms with Crippen molar-refractivity contribution < 1.29 is 0 Å². The Morgan fingerprint density at radius 1 is 1.64 bits per heavy atom. The molecule has 0 radical (unpaired) electrons. The number of hydrogen-bond donors (Lipinski definition) is 1. The number of rotatable bonds is 2. The summed E-state index contributed by atoms with van der Waals surface area (Å²) in [6.45, 7) is 4.62. The molecule has 1 N–H and O–H groups in total. The highest BCUT2D eigenvalue weighted by Gasteiger charge is 2.21. The first kappa shape index (κ1) is 9.65. The summed E-state index contributed by atoms with van der Waals surface area (Å²) in [5, 5.41) is 11.5. The first-order valence-electron chi connectivity index (χ1n) is 5.31. The summed E-state index contributed by atoms with van der Waals surface area (Å²) in [6.07, 6.45) is 4.36. The van der Waals surface area contributed by atoms with Crippen LogP contribution in [-0.2, 0) is 13.5 Å². The first-order chi connectivity index (χ1) is 6.75. The Labute approximate surface area is 84.7 Å². The van der Waals surface area contributed by atoms with Gasteiger partial charge in [-0.05, 0) is 37.8 Å². The van der Waals surface area contributed by atoms with Crippen LogP contribution in [0.5, 0.6) is 0 Å². The highest BCUT2D eigenvalue weighted by Crippen LogP contribution is 2.21. The molecule has 0 spiro atoms. The van der Waals surface area contributed by atoms with Gasteiger partial charge in [0.05, 0.1) is 5.69 Å². The van der Waals surface area contributed by atoms with Crippen molar-refractivity contribution in [2.24, 2.45) is 18.9 Å². The van der Waals surface area contributed by atoms with Gasteiger partial charge in [-0.25, -0.2) is 0 Å². The van der Waals surface area contributed by atoms with Crippen molar-refractivity contribution in [3.8, 4) is 0 Å². The summed E-state index contributed by atoms with van der Waals surface area (Å²) in [5.41, 5.74) is 1.12. The van der Waals surface area contributed by atoms with Crippen LogP contribution < -0.4 is 5.32 Å². The van der Waals surface area contributed by atoms with E-state index in [-0.39, 0.29) is 0 Å². The quantitative estimate of drug-likeness (QED) is 0.750. The van der Waals surface area contributed by atoms with Gasteiger partial charge in [-0.2, -0.15) is 0 Å². The predicted octanol–water partition coefficient (Wildman–Crippen LogP) is 0.603. The first-order valence-corrected chi connectivity index (χ1v) is 5.31. The zero-order valence-corrected chi connectivity index (χ0v) is 8.90. The fraction of sp³-hybridized carbons (Fsp3) is 0.800. The predicted molar refractivity (Wildman–Crippen MR) is 54.8 cm³/mol. The third kappa shape index (κ3) is 2.12. The molecule has 1 saturated heterocycles. The van der Waals surface area contributed by atoms with Gasteiger partial charge in [0.25, 0.3) is 0 Å². The second-order valence-electron chi connectivity index (χ2n) is 4.32. The van der Waals surface area contributed by atoms with Crippen LogP contribution in [0.1, 0.15) is 19.0 Å². The van der Waals surface area contributed by atoms with Gasteiger partial charge >= 0.3 is 0 Å². The van der Waals surface area contributed by atoms with E-state index in [1.807, 2.05) is 13.2 Å². The van der Waals surface area contributed by atoms with E-state index in [0.29, 0.717) is 0 Å². The Morgan fingerprint density at radius 2 is 2.50 bits per heavy atom. The minimum Gasteiger partial charge on any atom is -0.316 e. The molecule has 4 nitrogen and oxygen atoms in total. The Hall–Kier alpha value is -0.900. The van der Waals surface area contributed by atoms with Crippen LogP contribution in [0, 0.1) is 11.8 Å². The molecule has 0 bridgehead atoms. The zero-order valence-electron chi connectivity index (χ0n) is 8.90. The van der Waals surface area contributed by atoms with Crippen LogP contribution >= 0.6 is 0 Å². The fourth-order valence-electron chi connectivity index (χ4n) is 2.08. The summed E-state index contributed by atoms with van der Waals surface area (Å²) in [6, 6.07) is 0. The molecule has 2 atom stereocenters. The van der Waals surface area contributed by atoms with Gasteiger partial charge in [-0.1, -0.05) is 12.1 Å². The van der Waals surface area contributed by atoms with Crippen LogP contribution in [0.2, 0.25) is 0 Å². The average molecular weight is 194 g/mol. The lowest BCUT2D eigenvalue weighted by Crippen LogP contribution is -2.36. The largest absolute Gasteiger partial charge is 0.316 e. The lowest BCUT2D eigenvalue weighted by atomic mass is 9.85. The molecule has 0 saturated carbocycles. The summed E-state index contributed by atoms with van der Waals surface area (Å²) in [4.78, 5) is 0. The van der Waals surface area contributed by atoms with Crippen LogP contribution in [0.4, 0.5) is 0 Å².